The van der Waals surface area contributed by atoms with Crippen LogP contribution < -0.4 is 10.1 Å². The highest BCUT2D eigenvalue weighted by atomic mass is 35.5. The van der Waals surface area contributed by atoms with Gasteiger partial charge in [-0.3, -0.25) is 9.78 Å². The number of nitrogens with zero attached hydrogens (tertiary/aromatic N) is 1. The van der Waals surface area contributed by atoms with Gasteiger partial charge in [0.25, 0.3) is 5.91 Å². The Balaban J connectivity index is 1.07. The molecule has 1 amide bonds. The zero-order valence-electron chi connectivity index (χ0n) is 26.5. The summed E-state index contributed by atoms with van der Waals surface area (Å²) < 4.78 is 6.28. The molecular weight excluding hydrogens is 620 g/mol. The van der Waals surface area contributed by atoms with Crippen molar-refractivity contribution in [2.24, 2.45) is 0 Å². The summed E-state index contributed by atoms with van der Waals surface area (Å²) in [5.74, 6) is 0.0961. The molecule has 0 spiro atoms. The molecule has 0 bridgehead atoms. The number of benzene rings is 2. The molecular formula is C37H45ClN2O7. The van der Waals surface area contributed by atoms with E-state index in [0.29, 0.717) is 12.5 Å². The molecule has 0 saturated heterocycles. The SMILES string of the molecule is O=C(NCCCC1(c2ccc(Cl)c(CCC3(c4cnccc4-c4ccccc4OC4CC4)CC3)c2)CC1)[C@@H](O)[C@@H](O)[C@H](O)[C@@H](O)CO. The van der Waals surface area contributed by atoms with Gasteiger partial charge in [-0.25, -0.2) is 0 Å². The van der Waals surface area contributed by atoms with E-state index in [9.17, 15) is 25.2 Å². The van der Waals surface area contributed by atoms with E-state index in [-0.39, 0.29) is 17.4 Å². The summed E-state index contributed by atoms with van der Waals surface area (Å²) in [7, 11) is 0. The number of amides is 1. The van der Waals surface area contributed by atoms with Crippen LogP contribution >= 0.6 is 11.6 Å². The Kier molecular flexibility index (Phi) is 10.2. The average molecular weight is 665 g/mol. The number of aliphatic hydroxyl groups is 5. The molecule has 6 N–H and O–H groups in total. The smallest absolute Gasteiger partial charge is 0.251 e. The van der Waals surface area contributed by atoms with Crippen molar-refractivity contribution in [2.75, 3.05) is 13.2 Å². The number of aromatic nitrogens is 1. The molecule has 0 radical (unpaired) electrons. The monoisotopic (exact) mass is 664 g/mol. The van der Waals surface area contributed by atoms with Gasteiger partial charge in [0.05, 0.1) is 12.7 Å². The second kappa shape index (κ2) is 14.2. The third kappa shape index (κ3) is 7.66. The number of hydrogen-bond acceptors (Lipinski definition) is 8. The maximum Gasteiger partial charge on any atom is 0.251 e. The van der Waals surface area contributed by atoms with E-state index in [4.69, 9.17) is 21.4 Å². The molecule has 252 valence electrons. The number of hydrogen-bond donors (Lipinski definition) is 6. The number of aliphatic hydroxyl groups excluding tert-OH is 5. The highest BCUT2D eigenvalue weighted by Gasteiger charge is 2.46. The molecule has 1 heterocycles. The summed E-state index contributed by atoms with van der Waals surface area (Å²) in [6, 6.07) is 16.8. The zero-order chi connectivity index (χ0) is 33.2. The first-order chi connectivity index (χ1) is 22.7. The van der Waals surface area contributed by atoms with E-state index >= 15 is 0 Å². The Morgan fingerprint density at radius 2 is 1.70 bits per heavy atom. The lowest BCUT2D eigenvalue weighted by Crippen LogP contribution is -2.51. The molecule has 10 heteroatoms. The van der Waals surface area contributed by atoms with Gasteiger partial charge in [-0.2, -0.15) is 0 Å². The number of carbonyl (C=O) groups excluding carboxylic acids is 1. The fraction of sp³-hybridized carbons (Fsp3) is 0.514. The lowest BCUT2D eigenvalue weighted by Gasteiger charge is -2.25. The minimum absolute atomic E-state index is 0.0165. The Labute approximate surface area is 280 Å². The number of aryl methyl sites for hydroxylation is 1. The molecule has 3 aromatic rings. The second-order valence-corrected chi connectivity index (χ2v) is 14.1. The quantitative estimate of drug-likeness (QED) is 0.119. The molecule has 3 fully saturated rings. The van der Waals surface area contributed by atoms with Crippen molar-refractivity contribution in [1.29, 1.82) is 0 Å². The van der Waals surface area contributed by atoms with E-state index in [0.717, 1.165) is 79.7 Å². The summed E-state index contributed by atoms with van der Waals surface area (Å²) in [5.41, 5.74) is 6.04. The fourth-order valence-corrected chi connectivity index (χ4v) is 6.95. The van der Waals surface area contributed by atoms with E-state index in [1.54, 1.807) is 0 Å². The molecule has 1 aromatic heterocycles. The van der Waals surface area contributed by atoms with Crippen LogP contribution in [0.5, 0.6) is 5.75 Å². The number of para-hydroxylation sites is 1. The lowest BCUT2D eigenvalue weighted by atomic mass is 9.84. The number of halogens is 1. The predicted octanol–water partition coefficient (Wildman–Crippen LogP) is 3.97. The molecule has 2 aromatic carbocycles. The Morgan fingerprint density at radius 3 is 2.40 bits per heavy atom. The number of pyridine rings is 1. The minimum atomic E-state index is -1.93. The normalized spacial score (nSPS) is 20.1. The van der Waals surface area contributed by atoms with Crippen LogP contribution in [0.2, 0.25) is 5.02 Å². The fourth-order valence-electron chi connectivity index (χ4n) is 6.74. The molecule has 6 rings (SSSR count). The van der Waals surface area contributed by atoms with Crippen molar-refractivity contribution < 1.29 is 35.1 Å². The topological polar surface area (TPSA) is 152 Å². The summed E-state index contributed by atoms with van der Waals surface area (Å²) in [6.07, 6.45) is 6.70. The second-order valence-electron chi connectivity index (χ2n) is 13.7. The molecule has 9 nitrogen and oxygen atoms in total. The molecule has 47 heavy (non-hydrogen) atoms. The van der Waals surface area contributed by atoms with Gasteiger partial charge in [0.1, 0.15) is 24.1 Å². The first kappa shape index (κ1) is 33.8. The van der Waals surface area contributed by atoms with E-state index in [1.807, 2.05) is 24.5 Å². The molecule has 3 saturated carbocycles. The van der Waals surface area contributed by atoms with Crippen LogP contribution in [0.1, 0.15) is 74.5 Å². The molecule has 0 unspecified atom stereocenters. The summed E-state index contributed by atoms with van der Waals surface area (Å²) in [6.45, 7) is -0.521. The maximum absolute atomic E-state index is 12.3. The van der Waals surface area contributed by atoms with Gasteiger partial charge in [0, 0.05) is 29.5 Å². The average Bonchev–Trinajstić information content (AvgIpc) is 3.97. The van der Waals surface area contributed by atoms with Crippen LogP contribution in [0.3, 0.4) is 0 Å². The highest BCUT2D eigenvalue weighted by Crippen LogP contribution is 2.56. The van der Waals surface area contributed by atoms with Gasteiger partial charge >= 0.3 is 0 Å². The predicted molar refractivity (Wildman–Crippen MR) is 178 cm³/mol. The van der Waals surface area contributed by atoms with E-state index in [2.05, 4.69) is 46.7 Å². The van der Waals surface area contributed by atoms with Crippen molar-refractivity contribution in [1.82, 2.24) is 10.3 Å². The summed E-state index contributed by atoms with van der Waals surface area (Å²) in [4.78, 5) is 16.9. The van der Waals surface area contributed by atoms with E-state index < -0.39 is 36.9 Å². The van der Waals surface area contributed by atoms with Crippen LogP contribution in [-0.4, -0.2) is 80.1 Å². The first-order valence-corrected chi connectivity index (χ1v) is 17.1. The van der Waals surface area contributed by atoms with Crippen molar-refractivity contribution in [3.63, 3.8) is 0 Å². The van der Waals surface area contributed by atoms with Crippen LogP contribution in [0.4, 0.5) is 0 Å². The Hall–Kier alpha value is -3.05. The van der Waals surface area contributed by atoms with Gasteiger partial charge in [-0.15, -0.1) is 0 Å². The van der Waals surface area contributed by atoms with Crippen molar-refractivity contribution >= 4 is 17.5 Å². The molecule has 4 atom stereocenters. The highest BCUT2D eigenvalue weighted by molar-refractivity contribution is 6.31. The largest absolute Gasteiger partial charge is 0.490 e. The van der Waals surface area contributed by atoms with Crippen molar-refractivity contribution in [3.05, 3.63) is 82.6 Å². The van der Waals surface area contributed by atoms with Gasteiger partial charge in [-0.05, 0) is 115 Å². The van der Waals surface area contributed by atoms with Crippen LogP contribution in [0, 0.1) is 0 Å². The standard InChI is InChI=1S/C37H45ClN2O7/c38-29-9-6-24(36(14-15-36)12-3-18-40-35(46)34(45)33(44)32(43)30(42)22-41)20-23(29)10-13-37(16-17-37)28-21-39-19-11-26(28)27-4-1-2-5-31(27)47-25-7-8-25/h1-2,4-6,9,11,19-21,25,30,32-34,41-45H,3,7-8,10,12-18,22H2,(H,40,46)/t30-,32+,33-,34-/m0/s1. The zero-order valence-corrected chi connectivity index (χ0v) is 27.3. The van der Waals surface area contributed by atoms with E-state index in [1.165, 1.54) is 16.7 Å². The van der Waals surface area contributed by atoms with Gasteiger partial charge in [0.2, 0.25) is 0 Å². The number of ether oxygens (including phenoxy) is 1. The van der Waals surface area contributed by atoms with Gasteiger partial charge in [0.15, 0.2) is 6.10 Å². The third-order valence-electron chi connectivity index (χ3n) is 10.3. The lowest BCUT2D eigenvalue weighted by molar-refractivity contribution is -0.148. The van der Waals surface area contributed by atoms with Gasteiger partial charge in [-0.1, -0.05) is 41.9 Å². The Morgan fingerprint density at radius 1 is 0.957 bits per heavy atom. The summed E-state index contributed by atoms with van der Waals surface area (Å²) >= 11 is 6.76. The number of carbonyl (C=O) groups is 1. The first-order valence-electron chi connectivity index (χ1n) is 16.8. The Bertz CT molecular complexity index is 1560. The van der Waals surface area contributed by atoms with Crippen LogP contribution in [0.25, 0.3) is 11.1 Å². The molecule has 0 aliphatic heterocycles. The molecule has 3 aliphatic rings. The molecule has 3 aliphatic carbocycles. The van der Waals surface area contributed by atoms with Crippen molar-refractivity contribution in [3.8, 4) is 16.9 Å². The van der Waals surface area contributed by atoms with Crippen LogP contribution in [-0.2, 0) is 22.0 Å². The third-order valence-corrected chi connectivity index (χ3v) is 10.6. The van der Waals surface area contributed by atoms with Crippen molar-refractivity contribution in [2.45, 2.75) is 106 Å². The number of rotatable bonds is 17. The number of nitrogens with one attached hydrogen (secondary N) is 1. The van der Waals surface area contributed by atoms with Crippen LogP contribution in [0.15, 0.2) is 60.9 Å². The minimum Gasteiger partial charge on any atom is -0.490 e. The maximum atomic E-state index is 12.3. The van der Waals surface area contributed by atoms with Gasteiger partial charge < -0.3 is 35.6 Å². The summed E-state index contributed by atoms with van der Waals surface area (Å²) in [5, 5.41) is 51.6.